The highest BCUT2D eigenvalue weighted by molar-refractivity contribution is 4.60. The molecule has 0 radical (unpaired) electrons. The third-order valence-corrected chi connectivity index (χ3v) is 1.89. The summed E-state index contributed by atoms with van der Waals surface area (Å²) < 4.78 is 0. The van der Waals surface area contributed by atoms with Gasteiger partial charge in [0.15, 0.2) is 0 Å². The van der Waals surface area contributed by atoms with Crippen molar-refractivity contribution in [1.29, 1.82) is 0 Å². The largest absolute Gasteiger partial charge is 0.392 e. The molecule has 74 valence electrons. The Kier molecular flexibility index (Phi) is 7.51. The maximum atomic E-state index is 9.21. The molecule has 1 atom stereocenters. The summed E-state index contributed by atoms with van der Waals surface area (Å²) in [6.07, 6.45) is 3.47. The quantitative estimate of drug-likeness (QED) is 0.635. The van der Waals surface area contributed by atoms with Crippen LogP contribution in [0.3, 0.4) is 0 Å². The van der Waals surface area contributed by atoms with E-state index in [0.29, 0.717) is 0 Å². The maximum Gasteiger partial charge on any atom is 0.0639 e. The minimum atomic E-state index is -0.187. The third kappa shape index (κ3) is 6.62. The second-order valence-corrected chi connectivity index (χ2v) is 3.50. The maximum absolute atomic E-state index is 9.21. The van der Waals surface area contributed by atoms with Crippen molar-refractivity contribution in [3.8, 4) is 0 Å². The lowest BCUT2D eigenvalue weighted by molar-refractivity contribution is 0.125. The standard InChI is InChI=1S/C10H23NO/c1-4-6-8-11(7-5-2)9-10(3)12/h10,12H,4-9H2,1-3H3. The fraction of sp³-hybridized carbons (Fsp3) is 1.00. The lowest BCUT2D eigenvalue weighted by atomic mass is 10.2. The molecule has 2 nitrogen and oxygen atoms in total. The second kappa shape index (κ2) is 7.56. The van der Waals surface area contributed by atoms with Crippen molar-refractivity contribution >= 4 is 0 Å². The number of rotatable bonds is 7. The van der Waals surface area contributed by atoms with Gasteiger partial charge in [0, 0.05) is 6.54 Å². The van der Waals surface area contributed by atoms with E-state index in [1.165, 1.54) is 19.3 Å². The summed E-state index contributed by atoms with van der Waals surface area (Å²) in [5, 5.41) is 9.21. The first kappa shape index (κ1) is 11.9. The van der Waals surface area contributed by atoms with Crippen LogP contribution in [0.4, 0.5) is 0 Å². The molecule has 12 heavy (non-hydrogen) atoms. The first-order valence-electron chi connectivity index (χ1n) is 5.11. The summed E-state index contributed by atoms with van der Waals surface area (Å²) in [5.74, 6) is 0. The first-order valence-corrected chi connectivity index (χ1v) is 5.11. The van der Waals surface area contributed by atoms with E-state index >= 15 is 0 Å². The monoisotopic (exact) mass is 173 g/mol. The number of unbranched alkanes of at least 4 members (excludes halogenated alkanes) is 1. The Labute approximate surface area is 76.6 Å². The molecule has 0 aromatic rings. The van der Waals surface area contributed by atoms with E-state index in [9.17, 15) is 5.11 Å². The van der Waals surface area contributed by atoms with Gasteiger partial charge in [-0.1, -0.05) is 20.3 Å². The first-order chi connectivity index (χ1) is 5.70. The van der Waals surface area contributed by atoms with Crippen molar-refractivity contribution in [2.24, 2.45) is 0 Å². The zero-order valence-corrected chi connectivity index (χ0v) is 8.71. The molecular weight excluding hydrogens is 150 g/mol. The molecule has 1 N–H and O–H groups in total. The molecule has 2 heteroatoms. The van der Waals surface area contributed by atoms with E-state index in [1.54, 1.807) is 0 Å². The summed E-state index contributed by atoms with van der Waals surface area (Å²) in [6.45, 7) is 9.32. The summed E-state index contributed by atoms with van der Waals surface area (Å²) in [5.41, 5.74) is 0. The van der Waals surface area contributed by atoms with Gasteiger partial charge in [-0.2, -0.15) is 0 Å². The van der Waals surface area contributed by atoms with Gasteiger partial charge in [-0.05, 0) is 32.9 Å². The van der Waals surface area contributed by atoms with E-state index in [-0.39, 0.29) is 6.10 Å². The lowest BCUT2D eigenvalue weighted by Crippen LogP contribution is -2.32. The van der Waals surface area contributed by atoms with Crippen LogP contribution in [0.15, 0.2) is 0 Å². The SMILES string of the molecule is CCCCN(CCC)CC(C)O. The number of hydrogen-bond donors (Lipinski definition) is 1. The third-order valence-electron chi connectivity index (χ3n) is 1.89. The lowest BCUT2D eigenvalue weighted by Gasteiger charge is -2.22. The predicted octanol–water partition coefficient (Wildman–Crippen LogP) is 1.88. The molecule has 0 amide bonds. The zero-order valence-electron chi connectivity index (χ0n) is 8.71. The molecule has 0 saturated carbocycles. The van der Waals surface area contributed by atoms with Crippen LogP contribution in [-0.4, -0.2) is 35.7 Å². The molecule has 0 spiro atoms. The Hall–Kier alpha value is -0.0800. The van der Waals surface area contributed by atoms with Crippen molar-refractivity contribution in [2.45, 2.75) is 46.1 Å². The Bertz CT molecular complexity index is 93.8. The Morgan fingerprint density at radius 1 is 1.17 bits per heavy atom. The van der Waals surface area contributed by atoms with Crippen molar-refractivity contribution in [1.82, 2.24) is 4.90 Å². The van der Waals surface area contributed by atoms with Crippen LogP contribution in [0.2, 0.25) is 0 Å². The second-order valence-electron chi connectivity index (χ2n) is 3.50. The zero-order chi connectivity index (χ0) is 9.40. The summed E-state index contributed by atoms with van der Waals surface area (Å²) in [6, 6.07) is 0. The van der Waals surface area contributed by atoms with Crippen molar-refractivity contribution in [2.75, 3.05) is 19.6 Å². The van der Waals surface area contributed by atoms with Crippen LogP contribution in [0.25, 0.3) is 0 Å². The van der Waals surface area contributed by atoms with Gasteiger partial charge < -0.3 is 10.0 Å². The Morgan fingerprint density at radius 2 is 1.83 bits per heavy atom. The van der Waals surface area contributed by atoms with Gasteiger partial charge >= 0.3 is 0 Å². The van der Waals surface area contributed by atoms with Crippen LogP contribution in [0, 0.1) is 0 Å². The van der Waals surface area contributed by atoms with E-state index in [1.807, 2.05) is 6.92 Å². The van der Waals surface area contributed by atoms with Gasteiger partial charge in [0.2, 0.25) is 0 Å². The fourth-order valence-corrected chi connectivity index (χ4v) is 1.37. The van der Waals surface area contributed by atoms with Gasteiger partial charge in [-0.3, -0.25) is 0 Å². The molecule has 0 aliphatic rings. The average molecular weight is 173 g/mol. The Balaban J connectivity index is 3.54. The van der Waals surface area contributed by atoms with E-state index < -0.39 is 0 Å². The highest BCUT2D eigenvalue weighted by Crippen LogP contribution is 1.98. The van der Waals surface area contributed by atoms with Crippen molar-refractivity contribution < 1.29 is 5.11 Å². The van der Waals surface area contributed by atoms with Gasteiger partial charge in [0.05, 0.1) is 6.10 Å². The topological polar surface area (TPSA) is 23.5 Å². The summed E-state index contributed by atoms with van der Waals surface area (Å²) >= 11 is 0. The summed E-state index contributed by atoms with van der Waals surface area (Å²) in [4.78, 5) is 2.34. The molecule has 0 bridgehead atoms. The number of aliphatic hydroxyl groups is 1. The summed E-state index contributed by atoms with van der Waals surface area (Å²) in [7, 11) is 0. The minimum Gasteiger partial charge on any atom is -0.392 e. The number of nitrogens with zero attached hydrogens (tertiary/aromatic N) is 1. The highest BCUT2D eigenvalue weighted by Gasteiger charge is 2.05. The normalized spacial score (nSPS) is 13.8. The highest BCUT2D eigenvalue weighted by atomic mass is 16.3. The van der Waals surface area contributed by atoms with E-state index in [4.69, 9.17) is 0 Å². The average Bonchev–Trinajstić information content (AvgIpc) is 2.00. The van der Waals surface area contributed by atoms with Gasteiger partial charge in [-0.25, -0.2) is 0 Å². The van der Waals surface area contributed by atoms with E-state index in [0.717, 1.165) is 19.6 Å². The van der Waals surface area contributed by atoms with Gasteiger partial charge in [0.25, 0.3) is 0 Å². The van der Waals surface area contributed by atoms with Gasteiger partial charge in [-0.15, -0.1) is 0 Å². The van der Waals surface area contributed by atoms with Crippen LogP contribution >= 0.6 is 0 Å². The van der Waals surface area contributed by atoms with Crippen LogP contribution < -0.4 is 0 Å². The molecule has 0 rings (SSSR count). The fourth-order valence-electron chi connectivity index (χ4n) is 1.37. The van der Waals surface area contributed by atoms with Crippen LogP contribution in [0.1, 0.15) is 40.0 Å². The van der Waals surface area contributed by atoms with Crippen molar-refractivity contribution in [3.05, 3.63) is 0 Å². The minimum absolute atomic E-state index is 0.187. The van der Waals surface area contributed by atoms with Crippen LogP contribution in [-0.2, 0) is 0 Å². The molecule has 1 unspecified atom stereocenters. The number of aliphatic hydroxyl groups excluding tert-OH is 1. The molecule has 0 heterocycles. The van der Waals surface area contributed by atoms with E-state index in [2.05, 4.69) is 18.7 Å². The Morgan fingerprint density at radius 3 is 2.25 bits per heavy atom. The molecular formula is C10H23NO. The number of hydrogen-bond acceptors (Lipinski definition) is 2. The molecule has 0 fully saturated rings. The molecule has 0 aliphatic heterocycles. The smallest absolute Gasteiger partial charge is 0.0639 e. The predicted molar refractivity (Wildman–Crippen MR) is 53.3 cm³/mol. The molecule has 0 aromatic heterocycles. The van der Waals surface area contributed by atoms with Crippen molar-refractivity contribution in [3.63, 3.8) is 0 Å². The molecule has 0 aromatic carbocycles. The van der Waals surface area contributed by atoms with Gasteiger partial charge in [0.1, 0.15) is 0 Å². The molecule has 0 aliphatic carbocycles. The van der Waals surface area contributed by atoms with Crippen LogP contribution in [0.5, 0.6) is 0 Å². The molecule has 0 saturated heterocycles.